The van der Waals surface area contributed by atoms with Crippen LogP contribution in [0.1, 0.15) is 30.4 Å². The number of nitrogens with one attached hydrogen (secondary N) is 1. The summed E-state index contributed by atoms with van der Waals surface area (Å²) in [5.74, 6) is 2.25. The van der Waals surface area contributed by atoms with Crippen LogP contribution in [-0.4, -0.2) is 26.3 Å². The van der Waals surface area contributed by atoms with Crippen LogP contribution < -0.4 is 14.8 Å². The maximum Gasteiger partial charge on any atom is 0.160 e. The van der Waals surface area contributed by atoms with Gasteiger partial charge in [-0.3, -0.25) is 0 Å². The Kier molecular flexibility index (Phi) is 4.87. The van der Waals surface area contributed by atoms with Crippen LogP contribution in [0.15, 0.2) is 48.5 Å². The molecule has 1 fully saturated rings. The second-order valence-electron chi connectivity index (χ2n) is 6.32. The second-order valence-corrected chi connectivity index (χ2v) is 6.32. The van der Waals surface area contributed by atoms with E-state index in [1.54, 1.807) is 14.2 Å². The summed E-state index contributed by atoms with van der Waals surface area (Å²) in [5, 5.41) is 3.74. The molecule has 0 bridgehead atoms. The van der Waals surface area contributed by atoms with Crippen molar-refractivity contribution in [3.63, 3.8) is 0 Å². The lowest BCUT2D eigenvalue weighted by molar-refractivity contribution is 0.354. The molecule has 122 valence electrons. The van der Waals surface area contributed by atoms with Gasteiger partial charge in [0.2, 0.25) is 0 Å². The molecule has 1 N–H and O–H groups in total. The van der Waals surface area contributed by atoms with Gasteiger partial charge in [0.05, 0.1) is 14.2 Å². The Morgan fingerprint density at radius 1 is 1.04 bits per heavy atom. The van der Waals surface area contributed by atoms with Gasteiger partial charge in [0.1, 0.15) is 0 Å². The Morgan fingerprint density at radius 2 is 1.78 bits per heavy atom. The first kappa shape index (κ1) is 15.9. The Morgan fingerprint density at radius 3 is 2.48 bits per heavy atom. The van der Waals surface area contributed by atoms with E-state index in [9.17, 15) is 0 Å². The normalized spacial score (nSPS) is 20.8. The molecule has 3 heteroatoms. The molecule has 0 spiro atoms. The highest BCUT2D eigenvalue weighted by Crippen LogP contribution is 2.41. The van der Waals surface area contributed by atoms with Gasteiger partial charge in [0.15, 0.2) is 11.5 Å². The van der Waals surface area contributed by atoms with E-state index in [1.807, 2.05) is 6.07 Å². The highest BCUT2D eigenvalue weighted by atomic mass is 16.5. The highest BCUT2D eigenvalue weighted by molar-refractivity contribution is 5.43. The van der Waals surface area contributed by atoms with Crippen molar-refractivity contribution in [2.75, 3.05) is 14.2 Å². The van der Waals surface area contributed by atoms with Crippen LogP contribution >= 0.6 is 0 Å². The average molecular weight is 311 g/mol. The zero-order valence-electron chi connectivity index (χ0n) is 14.1. The van der Waals surface area contributed by atoms with E-state index in [0.717, 1.165) is 17.9 Å². The fourth-order valence-corrected chi connectivity index (χ4v) is 3.23. The minimum atomic E-state index is 0.437. The largest absolute Gasteiger partial charge is 0.493 e. The van der Waals surface area contributed by atoms with Crippen LogP contribution in [0.3, 0.4) is 0 Å². The van der Waals surface area contributed by atoms with Gasteiger partial charge >= 0.3 is 0 Å². The van der Waals surface area contributed by atoms with Crippen LogP contribution in [0, 0.1) is 0 Å². The molecule has 3 unspecified atom stereocenters. The Labute approximate surface area is 138 Å². The molecule has 3 rings (SSSR count). The second kappa shape index (κ2) is 7.05. The predicted octanol–water partition coefficient (Wildman–Crippen LogP) is 3.78. The summed E-state index contributed by atoms with van der Waals surface area (Å²) in [5.41, 5.74) is 2.71. The van der Waals surface area contributed by atoms with Crippen molar-refractivity contribution in [2.45, 2.75) is 37.8 Å². The van der Waals surface area contributed by atoms with Crippen molar-refractivity contribution >= 4 is 0 Å². The molecule has 0 saturated heterocycles. The number of hydrogen-bond acceptors (Lipinski definition) is 3. The van der Waals surface area contributed by atoms with Crippen LogP contribution in [0.4, 0.5) is 0 Å². The van der Waals surface area contributed by atoms with Crippen LogP contribution in [0.2, 0.25) is 0 Å². The summed E-state index contributed by atoms with van der Waals surface area (Å²) in [6, 6.07) is 18.0. The first-order chi connectivity index (χ1) is 11.2. The molecule has 23 heavy (non-hydrogen) atoms. The van der Waals surface area contributed by atoms with E-state index in [2.05, 4.69) is 54.7 Å². The SMILES string of the molecule is COc1ccc(CC(C)NC2CC2c2ccccc2)cc1OC. The van der Waals surface area contributed by atoms with Crippen LogP contribution in [0.5, 0.6) is 11.5 Å². The fourth-order valence-electron chi connectivity index (χ4n) is 3.23. The summed E-state index contributed by atoms with van der Waals surface area (Å²) in [4.78, 5) is 0. The molecule has 3 nitrogen and oxygen atoms in total. The van der Waals surface area contributed by atoms with E-state index in [1.165, 1.54) is 17.5 Å². The van der Waals surface area contributed by atoms with E-state index < -0.39 is 0 Å². The molecule has 3 atom stereocenters. The number of rotatable bonds is 7. The summed E-state index contributed by atoms with van der Waals surface area (Å²) in [6.07, 6.45) is 2.22. The van der Waals surface area contributed by atoms with E-state index >= 15 is 0 Å². The lowest BCUT2D eigenvalue weighted by Gasteiger charge is -2.15. The smallest absolute Gasteiger partial charge is 0.160 e. The maximum atomic E-state index is 5.38. The van der Waals surface area contributed by atoms with E-state index in [4.69, 9.17) is 9.47 Å². The molecule has 0 heterocycles. The molecule has 0 aliphatic heterocycles. The molecule has 0 amide bonds. The van der Waals surface area contributed by atoms with Gasteiger partial charge in [-0.1, -0.05) is 36.4 Å². The minimum Gasteiger partial charge on any atom is -0.493 e. The summed E-state index contributed by atoms with van der Waals surface area (Å²) in [6.45, 7) is 2.25. The third kappa shape index (κ3) is 3.85. The first-order valence-corrected chi connectivity index (χ1v) is 8.23. The Balaban J connectivity index is 1.55. The van der Waals surface area contributed by atoms with Crippen LogP contribution in [0.25, 0.3) is 0 Å². The lowest BCUT2D eigenvalue weighted by atomic mass is 10.1. The van der Waals surface area contributed by atoms with Gasteiger partial charge in [-0.05, 0) is 43.0 Å². The van der Waals surface area contributed by atoms with Crippen molar-refractivity contribution in [1.29, 1.82) is 0 Å². The van der Waals surface area contributed by atoms with Gasteiger partial charge in [-0.15, -0.1) is 0 Å². The minimum absolute atomic E-state index is 0.437. The standard InChI is InChI=1S/C20H25NO2/c1-14(11-15-9-10-19(22-2)20(12-15)23-3)21-18-13-17(18)16-7-5-4-6-8-16/h4-10,12,14,17-18,21H,11,13H2,1-3H3. The number of hydrogen-bond donors (Lipinski definition) is 1. The summed E-state index contributed by atoms with van der Waals surface area (Å²) >= 11 is 0. The summed E-state index contributed by atoms with van der Waals surface area (Å²) < 4.78 is 10.7. The molecule has 1 aliphatic rings. The van der Waals surface area contributed by atoms with E-state index in [-0.39, 0.29) is 0 Å². The molecule has 0 aromatic heterocycles. The molecule has 2 aromatic rings. The van der Waals surface area contributed by atoms with Gasteiger partial charge in [-0.25, -0.2) is 0 Å². The molecule has 1 saturated carbocycles. The zero-order valence-corrected chi connectivity index (χ0v) is 14.1. The Hall–Kier alpha value is -2.00. The maximum absolute atomic E-state index is 5.38. The van der Waals surface area contributed by atoms with Crippen molar-refractivity contribution in [1.82, 2.24) is 5.32 Å². The van der Waals surface area contributed by atoms with Crippen molar-refractivity contribution in [2.24, 2.45) is 0 Å². The average Bonchev–Trinajstić information content (AvgIpc) is 3.34. The quantitative estimate of drug-likeness (QED) is 0.844. The molecule has 1 aliphatic carbocycles. The lowest BCUT2D eigenvalue weighted by Crippen LogP contribution is -2.30. The zero-order chi connectivity index (χ0) is 16.2. The Bertz CT molecular complexity index is 641. The highest BCUT2D eigenvalue weighted by Gasteiger charge is 2.38. The monoisotopic (exact) mass is 311 g/mol. The third-order valence-corrected chi connectivity index (χ3v) is 4.51. The predicted molar refractivity (Wildman–Crippen MR) is 93.4 cm³/mol. The molecular weight excluding hydrogens is 286 g/mol. The number of benzene rings is 2. The summed E-state index contributed by atoms with van der Waals surface area (Å²) in [7, 11) is 3.34. The number of ether oxygens (including phenoxy) is 2. The van der Waals surface area contributed by atoms with E-state index in [0.29, 0.717) is 18.0 Å². The van der Waals surface area contributed by atoms with Crippen molar-refractivity contribution < 1.29 is 9.47 Å². The molecule has 0 radical (unpaired) electrons. The van der Waals surface area contributed by atoms with Crippen LogP contribution in [-0.2, 0) is 6.42 Å². The van der Waals surface area contributed by atoms with Gasteiger partial charge in [0, 0.05) is 18.0 Å². The first-order valence-electron chi connectivity index (χ1n) is 8.23. The van der Waals surface area contributed by atoms with Crippen molar-refractivity contribution in [3.8, 4) is 11.5 Å². The molecule has 2 aromatic carbocycles. The number of methoxy groups -OCH3 is 2. The fraction of sp³-hybridized carbons (Fsp3) is 0.400. The van der Waals surface area contributed by atoms with Gasteiger partial charge < -0.3 is 14.8 Å². The van der Waals surface area contributed by atoms with Gasteiger partial charge in [0.25, 0.3) is 0 Å². The third-order valence-electron chi connectivity index (χ3n) is 4.51. The topological polar surface area (TPSA) is 30.5 Å². The van der Waals surface area contributed by atoms with Gasteiger partial charge in [-0.2, -0.15) is 0 Å². The van der Waals surface area contributed by atoms with Crippen molar-refractivity contribution in [3.05, 3.63) is 59.7 Å². The molecular formula is C20H25NO2.